The summed E-state index contributed by atoms with van der Waals surface area (Å²) in [6.07, 6.45) is 5.98. The highest BCUT2D eigenvalue weighted by Crippen LogP contribution is 2.32. The maximum absolute atomic E-state index is 12.7. The summed E-state index contributed by atoms with van der Waals surface area (Å²) < 4.78 is 0. The molecule has 2 saturated carbocycles. The molecule has 2 fully saturated rings. The van der Waals surface area contributed by atoms with Crippen molar-refractivity contribution in [1.82, 2.24) is 4.90 Å². The van der Waals surface area contributed by atoms with Gasteiger partial charge in [-0.1, -0.05) is 18.6 Å². The SMILES string of the molecule is Cl.NC(=O)c1ccc(CN(C(=O)C[C@@H]2CCC[C@H]2N)C2CC2)cc1. The van der Waals surface area contributed by atoms with Gasteiger partial charge < -0.3 is 16.4 Å². The molecule has 2 atom stereocenters. The number of halogens is 1. The molecule has 0 spiro atoms. The number of carbonyl (C=O) groups is 2. The third kappa shape index (κ3) is 4.48. The summed E-state index contributed by atoms with van der Waals surface area (Å²) in [7, 11) is 0. The highest BCUT2D eigenvalue weighted by atomic mass is 35.5. The molecule has 4 N–H and O–H groups in total. The minimum Gasteiger partial charge on any atom is -0.366 e. The maximum Gasteiger partial charge on any atom is 0.248 e. The second-order valence-corrected chi connectivity index (χ2v) is 6.87. The number of carbonyl (C=O) groups excluding carboxylic acids is 2. The molecule has 0 bridgehead atoms. The average molecular weight is 352 g/mol. The minimum absolute atomic E-state index is 0. The molecular formula is C18H26ClN3O2. The van der Waals surface area contributed by atoms with E-state index in [1.165, 1.54) is 0 Å². The molecule has 0 radical (unpaired) electrons. The molecule has 0 unspecified atom stereocenters. The summed E-state index contributed by atoms with van der Waals surface area (Å²) >= 11 is 0. The van der Waals surface area contributed by atoms with Crippen LogP contribution in [-0.4, -0.2) is 28.8 Å². The Kier molecular flexibility index (Phi) is 6.24. The topological polar surface area (TPSA) is 89.4 Å². The van der Waals surface area contributed by atoms with E-state index < -0.39 is 5.91 Å². The normalized spacial score (nSPS) is 22.7. The van der Waals surface area contributed by atoms with E-state index in [0.29, 0.717) is 30.5 Å². The zero-order chi connectivity index (χ0) is 16.4. The Hall–Kier alpha value is -1.59. The molecule has 0 aromatic heterocycles. The Morgan fingerprint density at radius 3 is 2.25 bits per heavy atom. The van der Waals surface area contributed by atoms with Gasteiger partial charge >= 0.3 is 0 Å². The molecule has 5 nitrogen and oxygen atoms in total. The summed E-state index contributed by atoms with van der Waals surface area (Å²) in [4.78, 5) is 25.8. The van der Waals surface area contributed by atoms with Crippen LogP contribution in [0.1, 0.15) is 54.4 Å². The molecule has 2 aliphatic rings. The van der Waals surface area contributed by atoms with E-state index in [1.54, 1.807) is 12.1 Å². The van der Waals surface area contributed by atoms with Crippen molar-refractivity contribution < 1.29 is 9.59 Å². The van der Waals surface area contributed by atoms with Crippen LogP contribution in [0.15, 0.2) is 24.3 Å². The number of hydrogen-bond donors (Lipinski definition) is 2. The van der Waals surface area contributed by atoms with Crippen LogP contribution in [0.3, 0.4) is 0 Å². The zero-order valence-corrected chi connectivity index (χ0v) is 14.6. The van der Waals surface area contributed by atoms with Gasteiger partial charge in [0.2, 0.25) is 11.8 Å². The van der Waals surface area contributed by atoms with Crippen molar-refractivity contribution in [1.29, 1.82) is 0 Å². The maximum atomic E-state index is 12.7. The van der Waals surface area contributed by atoms with Gasteiger partial charge in [0.25, 0.3) is 0 Å². The van der Waals surface area contributed by atoms with E-state index in [9.17, 15) is 9.59 Å². The van der Waals surface area contributed by atoms with Crippen LogP contribution in [0.4, 0.5) is 0 Å². The van der Waals surface area contributed by atoms with E-state index in [-0.39, 0.29) is 24.4 Å². The molecule has 1 aromatic rings. The lowest BCUT2D eigenvalue weighted by Gasteiger charge is -2.25. The number of hydrogen-bond acceptors (Lipinski definition) is 3. The number of benzene rings is 1. The summed E-state index contributed by atoms with van der Waals surface area (Å²) in [5.74, 6) is 0.122. The Balaban J connectivity index is 0.00000208. The molecule has 0 saturated heterocycles. The highest BCUT2D eigenvalue weighted by molar-refractivity contribution is 5.92. The van der Waals surface area contributed by atoms with Crippen LogP contribution in [0.2, 0.25) is 0 Å². The highest BCUT2D eigenvalue weighted by Gasteiger charge is 2.35. The fourth-order valence-electron chi connectivity index (χ4n) is 3.44. The predicted octanol–water partition coefficient (Wildman–Crippen LogP) is 2.22. The van der Waals surface area contributed by atoms with Crippen molar-refractivity contribution in [2.75, 3.05) is 0 Å². The number of nitrogens with two attached hydrogens (primary N) is 2. The second kappa shape index (κ2) is 7.99. The smallest absolute Gasteiger partial charge is 0.248 e. The molecule has 3 rings (SSSR count). The van der Waals surface area contributed by atoms with Gasteiger partial charge in [0.15, 0.2) is 0 Å². The molecule has 132 valence electrons. The van der Waals surface area contributed by atoms with Crippen molar-refractivity contribution in [2.24, 2.45) is 17.4 Å². The number of rotatable bonds is 6. The van der Waals surface area contributed by atoms with Crippen molar-refractivity contribution in [3.05, 3.63) is 35.4 Å². The van der Waals surface area contributed by atoms with Crippen LogP contribution in [0.25, 0.3) is 0 Å². The summed E-state index contributed by atoms with van der Waals surface area (Å²) in [6, 6.07) is 7.75. The summed E-state index contributed by atoms with van der Waals surface area (Å²) in [5.41, 5.74) is 12.9. The second-order valence-electron chi connectivity index (χ2n) is 6.87. The fraction of sp³-hybridized carbons (Fsp3) is 0.556. The Morgan fingerprint density at radius 1 is 1.08 bits per heavy atom. The van der Waals surface area contributed by atoms with Crippen molar-refractivity contribution in [3.8, 4) is 0 Å². The zero-order valence-electron chi connectivity index (χ0n) is 13.8. The third-order valence-corrected chi connectivity index (χ3v) is 5.05. The first kappa shape index (κ1) is 18.7. The Morgan fingerprint density at radius 2 is 1.75 bits per heavy atom. The molecule has 2 amide bonds. The Bertz CT molecular complexity index is 586. The van der Waals surface area contributed by atoms with E-state index in [1.807, 2.05) is 17.0 Å². The van der Waals surface area contributed by atoms with Crippen LogP contribution in [-0.2, 0) is 11.3 Å². The lowest BCUT2D eigenvalue weighted by atomic mass is 9.99. The summed E-state index contributed by atoms with van der Waals surface area (Å²) in [5, 5.41) is 0. The standard InChI is InChI=1S/C18H25N3O2.ClH/c19-16-3-1-2-14(16)10-17(22)21(15-8-9-15)11-12-4-6-13(7-5-12)18(20)23;/h4-7,14-16H,1-3,8-11,19H2,(H2,20,23);1H/t14-,16+;/m0./s1. The minimum atomic E-state index is -0.429. The van der Waals surface area contributed by atoms with Crippen LogP contribution in [0, 0.1) is 5.92 Å². The van der Waals surface area contributed by atoms with Crippen LogP contribution >= 0.6 is 12.4 Å². The van der Waals surface area contributed by atoms with E-state index in [2.05, 4.69) is 0 Å². The van der Waals surface area contributed by atoms with Gasteiger partial charge in [0.05, 0.1) is 0 Å². The quantitative estimate of drug-likeness (QED) is 0.823. The molecule has 0 aliphatic heterocycles. The number of nitrogens with zero attached hydrogens (tertiary/aromatic N) is 1. The number of amides is 2. The first-order chi connectivity index (χ1) is 11.0. The molecule has 6 heteroatoms. The monoisotopic (exact) mass is 351 g/mol. The molecular weight excluding hydrogens is 326 g/mol. The molecule has 1 aromatic carbocycles. The first-order valence-electron chi connectivity index (χ1n) is 8.48. The third-order valence-electron chi connectivity index (χ3n) is 5.05. The van der Waals surface area contributed by atoms with E-state index >= 15 is 0 Å². The largest absolute Gasteiger partial charge is 0.366 e. The fourth-order valence-corrected chi connectivity index (χ4v) is 3.44. The van der Waals surface area contributed by atoms with Gasteiger partial charge in [-0.15, -0.1) is 12.4 Å². The average Bonchev–Trinajstić information content (AvgIpc) is 3.29. The summed E-state index contributed by atoms with van der Waals surface area (Å²) in [6.45, 7) is 0.602. The van der Waals surface area contributed by atoms with E-state index in [0.717, 1.165) is 37.7 Å². The van der Waals surface area contributed by atoms with E-state index in [4.69, 9.17) is 11.5 Å². The first-order valence-corrected chi connectivity index (χ1v) is 8.48. The van der Waals surface area contributed by atoms with Gasteiger partial charge in [-0.3, -0.25) is 9.59 Å². The lowest BCUT2D eigenvalue weighted by Crippen LogP contribution is -2.36. The van der Waals surface area contributed by atoms with Gasteiger partial charge in [-0.05, 0) is 49.3 Å². The van der Waals surface area contributed by atoms with Crippen LogP contribution < -0.4 is 11.5 Å². The van der Waals surface area contributed by atoms with Gasteiger partial charge in [-0.25, -0.2) is 0 Å². The van der Waals surface area contributed by atoms with Crippen molar-refractivity contribution in [3.63, 3.8) is 0 Å². The number of primary amides is 1. The lowest BCUT2D eigenvalue weighted by molar-refractivity contribution is -0.133. The predicted molar refractivity (Wildman–Crippen MR) is 95.7 cm³/mol. The molecule has 2 aliphatic carbocycles. The molecule has 24 heavy (non-hydrogen) atoms. The Labute approximate surface area is 149 Å². The van der Waals surface area contributed by atoms with Crippen molar-refractivity contribution >= 4 is 24.2 Å². The van der Waals surface area contributed by atoms with Gasteiger partial charge in [-0.2, -0.15) is 0 Å². The van der Waals surface area contributed by atoms with Crippen LogP contribution in [0.5, 0.6) is 0 Å². The van der Waals surface area contributed by atoms with Crippen molar-refractivity contribution in [2.45, 2.75) is 57.2 Å². The molecule has 0 heterocycles. The van der Waals surface area contributed by atoms with Gasteiger partial charge in [0, 0.05) is 30.6 Å². The van der Waals surface area contributed by atoms with Gasteiger partial charge in [0.1, 0.15) is 0 Å².